The van der Waals surface area contributed by atoms with Gasteiger partial charge in [-0.2, -0.15) is 0 Å². The van der Waals surface area contributed by atoms with Crippen LogP contribution in [0.25, 0.3) is 27.7 Å². The van der Waals surface area contributed by atoms with Gasteiger partial charge in [0, 0.05) is 37.5 Å². The second-order valence-corrected chi connectivity index (χ2v) is 9.19. The van der Waals surface area contributed by atoms with Crippen LogP contribution in [0.1, 0.15) is 22.9 Å². The van der Waals surface area contributed by atoms with Crippen LogP contribution < -0.4 is 10.1 Å². The van der Waals surface area contributed by atoms with Crippen molar-refractivity contribution in [1.29, 1.82) is 0 Å². The highest BCUT2D eigenvalue weighted by Crippen LogP contribution is 2.40. The Balaban J connectivity index is 1.72. The van der Waals surface area contributed by atoms with E-state index in [0.717, 1.165) is 48.1 Å². The molecule has 2 aromatic carbocycles. The van der Waals surface area contributed by atoms with Gasteiger partial charge in [0.15, 0.2) is 0 Å². The van der Waals surface area contributed by atoms with Crippen molar-refractivity contribution in [2.45, 2.75) is 20.4 Å². The van der Waals surface area contributed by atoms with E-state index in [1.165, 1.54) is 0 Å². The molecule has 0 radical (unpaired) electrons. The number of rotatable bonds is 6. The maximum absolute atomic E-state index is 12.5. The Morgan fingerprint density at radius 2 is 2.03 bits per heavy atom. The van der Waals surface area contributed by atoms with Gasteiger partial charge in [0.2, 0.25) is 5.91 Å². The molecule has 2 heterocycles. The Kier molecular flexibility index (Phi) is 6.30. The first-order valence-corrected chi connectivity index (χ1v) is 11.5. The van der Waals surface area contributed by atoms with Gasteiger partial charge in [-0.05, 0) is 54.6 Å². The van der Waals surface area contributed by atoms with Crippen LogP contribution in [0.2, 0.25) is 0 Å². The molecule has 2 aromatic heterocycles. The lowest BCUT2D eigenvalue weighted by Gasteiger charge is -2.13. The van der Waals surface area contributed by atoms with Gasteiger partial charge >= 0.3 is 0 Å². The number of benzene rings is 2. The molecular formula is C25H22BrNO3S. The van der Waals surface area contributed by atoms with Gasteiger partial charge in [0.25, 0.3) is 0 Å². The van der Waals surface area contributed by atoms with Gasteiger partial charge in [-0.25, -0.2) is 0 Å². The summed E-state index contributed by atoms with van der Waals surface area (Å²) >= 11 is 5.11. The molecule has 0 saturated carbocycles. The molecule has 6 heteroatoms. The number of carbonyl (C=O) groups excluding carboxylic acids is 1. The van der Waals surface area contributed by atoms with E-state index in [0.29, 0.717) is 12.3 Å². The minimum Gasteiger partial charge on any atom is -0.496 e. The van der Waals surface area contributed by atoms with E-state index in [1.54, 1.807) is 30.8 Å². The van der Waals surface area contributed by atoms with Crippen LogP contribution in [0, 0.1) is 6.92 Å². The topological polar surface area (TPSA) is 51.5 Å². The number of thiophene rings is 1. The molecule has 1 amide bonds. The van der Waals surface area contributed by atoms with Gasteiger partial charge in [0.05, 0.1) is 19.9 Å². The molecular weight excluding hydrogens is 474 g/mol. The van der Waals surface area contributed by atoms with Crippen molar-refractivity contribution in [3.63, 3.8) is 0 Å². The van der Waals surface area contributed by atoms with Crippen LogP contribution in [0.5, 0.6) is 5.75 Å². The summed E-state index contributed by atoms with van der Waals surface area (Å²) in [5.74, 6) is 0.579. The number of nitrogens with one attached hydrogen (secondary N) is 1. The van der Waals surface area contributed by atoms with Crippen LogP contribution in [0.15, 0.2) is 69.1 Å². The van der Waals surface area contributed by atoms with Gasteiger partial charge in [-0.15, -0.1) is 11.3 Å². The molecule has 0 fully saturated rings. The Labute approximate surface area is 193 Å². The third kappa shape index (κ3) is 4.45. The fraction of sp³-hybridized carbons (Fsp3) is 0.160. The molecule has 31 heavy (non-hydrogen) atoms. The summed E-state index contributed by atoms with van der Waals surface area (Å²) < 4.78 is 12.6. The number of ether oxygens (including phenoxy) is 1. The van der Waals surface area contributed by atoms with Crippen molar-refractivity contribution in [3.05, 3.63) is 80.7 Å². The van der Waals surface area contributed by atoms with Crippen molar-refractivity contribution >= 4 is 49.7 Å². The number of hydrogen-bond acceptors (Lipinski definition) is 4. The largest absolute Gasteiger partial charge is 0.496 e. The predicted octanol–water partition coefficient (Wildman–Crippen LogP) is 6.96. The molecule has 0 aliphatic heterocycles. The Bertz CT molecular complexity index is 1250. The third-order valence-corrected chi connectivity index (χ3v) is 6.60. The predicted molar refractivity (Wildman–Crippen MR) is 130 cm³/mol. The number of fused-ring (bicyclic) bond motifs is 1. The first-order valence-electron chi connectivity index (χ1n) is 9.81. The molecule has 4 aromatic rings. The SMILES string of the molecule is COc1c(/C(C)=C/C(=O)NCc2cccs2)cc2c(-c3ccc(Br)cc3)coc2c1C. The molecule has 4 nitrogen and oxygen atoms in total. The zero-order valence-corrected chi connectivity index (χ0v) is 19.9. The second kappa shape index (κ2) is 9.12. The van der Waals surface area contributed by atoms with Crippen molar-refractivity contribution in [2.75, 3.05) is 7.11 Å². The number of methoxy groups -OCH3 is 1. The fourth-order valence-corrected chi connectivity index (χ4v) is 4.55. The Hall–Kier alpha value is -2.83. The monoisotopic (exact) mass is 495 g/mol. The van der Waals surface area contributed by atoms with Crippen LogP contribution in [0.3, 0.4) is 0 Å². The molecule has 0 bridgehead atoms. The van der Waals surface area contributed by atoms with Crippen molar-refractivity contribution in [2.24, 2.45) is 0 Å². The number of allylic oxidation sites excluding steroid dienone is 1. The number of halogens is 1. The van der Waals surface area contributed by atoms with Crippen LogP contribution >= 0.6 is 27.3 Å². The summed E-state index contributed by atoms with van der Waals surface area (Å²) in [6, 6.07) is 14.1. The van der Waals surface area contributed by atoms with E-state index in [-0.39, 0.29) is 5.91 Å². The van der Waals surface area contributed by atoms with Crippen LogP contribution in [-0.2, 0) is 11.3 Å². The van der Waals surface area contributed by atoms with Gasteiger partial charge in [-0.3, -0.25) is 4.79 Å². The molecule has 158 valence electrons. The highest BCUT2D eigenvalue weighted by molar-refractivity contribution is 9.10. The summed E-state index contributed by atoms with van der Waals surface area (Å²) in [6.45, 7) is 4.42. The fourth-order valence-electron chi connectivity index (χ4n) is 3.64. The van der Waals surface area contributed by atoms with Gasteiger partial charge < -0.3 is 14.5 Å². The number of aryl methyl sites for hydroxylation is 1. The number of amides is 1. The minimum atomic E-state index is -0.133. The summed E-state index contributed by atoms with van der Waals surface area (Å²) in [6.07, 6.45) is 3.40. The first kappa shape index (κ1) is 21.4. The number of furan rings is 1. The lowest BCUT2D eigenvalue weighted by molar-refractivity contribution is -0.116. The molecule has 0 aliphatic rings. The van der Waals surface area contributed by atoms with Crippen molar-refractivity contribution < 1.29 is 13.9 Å². The summed E-state index contributed by atoms with van der Waals surface area (Å²) in [4.78, 5) is 13.6. The molecule has 0 aliphatic carbocycles. The van der Waals surface area contributed by atoms with E-state index in [2.05, 4.69) is 21.2 Å². The van der Waals surface area contributed by atoms with Crippen LogP contribution in [-0.4, -0.2) is 13.0 Å². The zero-order chi connectivity index (χ0) is 22.0. The van der Waals surface area contributed by atoms with E-state index in [4.69, 9.17) is 9.15 Å². The quantitative estimate of drug-likeness (QED) is 0.294. The Morgan fingerprint density at radius 1 is 1.26 bits per heavy atom. The number of hydrogen-bond donors (Lipinski definition) is 1. The summed E-state index contributed by atoms with van der Waals surface area (Å²) in [7, 11) is 1.64. The summed E-state index contributed by atoms with van der Waals surface area (Å²) in [5.41, 5.74) is 5.46. The molecule has 0 unspecified atom stereocenters. The molecule has 0 spiro atoms. The maximum atomic E-state index is 12.5. The van der Waals surface area contributed by atoms with E-state index in [1.807, 2.05) is 61.7 Å². The lowest BCUT2D eigenvalue weighted by atomic mass is 9.96. The molecule has 4 rings (SSSR count). The van der Waals surface area contributed by atoms with Gasteiger partial charge in [0.1, 0.15) is 11.3 Å². The van der Waals surface area contributed by atoms with E-state index >= 15 is 0 Å². The normalized spacial score (nSPS) is 11.7. The summed E-state index contributed by atoms with van der Waals surface area (Å²) in [5, 5.41) is 5.93. The van der Waals surface area contributed by atoms with Crippen molar-refractivity contribution in [1.82, 2.24) is 5.32 Å². The highest BCUT2D eigenvalue weighted by Gasteiger charge is 2.18. The molecule has 0 saturated heterocycles. The lowest BCUT2D eigenvalue weighted by Crippen LogP contribution is -2.20. The van der Waals surface area contributed by atoms with E-state index in [9.17, 15) is 4.79 Å². The number of carbonyl (C=O) groups is 1. The molecule has 0 atom stereocenters. The standard InChI is InChI=1S/C25H22BrNO3S/c1-15(11-23(28)27-13-19-5-4-10-31-19)20-12-21-22(17-6-8-18(26)9-7-17)14-30-25(21)16(2)24(20)29-3/h4-12,14H,13H2,1-3H3,(H,27,28)/b15-11+. The highest BCUT2D eigenvalue weighted by atomic mass is 79.9. The second-order valence-electron chi connectivity index (χ2n) is 7.24. The Morgan fingerprint density at radius 3 is 2.71 bits per heavy atom. The van der Waals surface area contributed by atoms with Gasteiger partial charge in [-0.1, -0.05) is 34.1 Å². The van der Waals surface area contributed by atoms with Crippen molar-refractivity contribution in [3.8, 4) is 16.9 Å². The zero-order valence-electron chi connectivity index (χ0n) is 17.5. The van der Waals surface area contributed by atoms with Crippen LogP contribution in [0.4, 0.5) is 0 Å². The average molecular weight is 496 g/mol. The third-order valence-electron chi connectivity index (χ3n) is 5.19. The smallest absolute Gasteiger partial charge is 0.244 e. The maximum Gasteiger partial charge on any atom is 0.244 e. The first-order chi connectivity index (χ1) is 15.0. The minimum absolute atomic E-state index is 0.133. The van der Waals surface area contributed by atoms with E-state index < -0.39 is 0 Å². The molecule has 1 N–H and O–H groups in total. The average Bonchev–Trinajstić information content (AvgIpc) is 3.43.